The van der Waals surface area contributed by atoms with Crippen molar-refractivity contribution in [1.29, 1.82) is 0 Å². The average Bonchev–Trinajstić information content (AvgIpc) is 3.33. The van der Waals surface area contributed by atoms with E-state index in [-0.39, 0.29) is 31.1 Å². The fraction of sp³-hybridized carbons (Fsp3) is 0.689. The Hall–Kier alpha value is -3.67. The third-order valence-electron chi connectivity index (χ3n) is 11.7. The van der Waals surface area contributed by atoms with Crippen molar-refractivity contribution in [3.05, 3.63) is 97.2 Å². The zero-order chi connectivity index (χ0) is 48.6. The van der Waals surface area contributed by atoms with Gasteiger partial charge < -0.3 is 14.2 Å². The van der Waals surface area contributed by atoms with Gasteiger partial charge in [0.1, 0.15) is 13.2 Å². The first-order valence-corrected chi connectivity index (χ1v) is 27.8. The van der Waals surface area contributed by atoms with Crippen molar-refractivity contribution in [2.24, 2.45) is 0 Å². The van der Waals surface area contributed by atoms with Crippen molar-refractivity contribution in [1.82, 2.24) is 0 Å². The Morgan fingerprint density at radius 1 is 0.328 bits per heavy atom. The Morgan fingerprint density at radius 3 is 1.10 bits per heavy atom. The molecular weight excluding hydrogens is 829 g/mol. The number of allylic oxidation sites excluding steroid dienone is 16. The van der Waals surface area contributed by atoms with Gasteiger partial charge in [0.2, 0.25) is 0 Å². The lowest BCUT2D eigenvalue weighted by Gasteiger charge is -2.18. The maximum Gasteiger partial charge on any atom is 0.306 e. The van der Waals surface area contributed by atoms with E-state index >= 15 is 0 Å². The zero-order valence-corrected chi connectivity index (χ0v) is 43.6. The van der Waals surface area contributed by atoms with E-state index in [1.54, 1.807) is 0 Å². The van der Waals surface area contributed by atoms with Gasteiger partial charge in [0, 0.05) is 19.3 Å². The summed E-state index contributed by atoms with van der Waals surface area (Å²) in [5.74, 6) is -0.946. The highest BCUT2D eigenvalue weighted by Crippen LogP contribution is 2.16. The van der Waals surface area contributed by atoms with E-state index < -0.39 is 6.10 Å². The molecular formula is C61H102O6. The third kappa shape index (κ3) is 53.2. The first-order valence-electron chi connectivity index (χ1n) is 27.8. The lowest BCUT2D eigenvalue weighted by Crippen LogP contribution is -2.30. The molecule has 6 nitrogen and oxygen atoms in total. The lowest BCUT2D eigenvalue weighted by atomic mass is 10.0. The molecule has 0 rings (SSSR count). The van der Waals surface area contributed by atoms with Crippen LogP contribution in [0.1, 0.15) is 252 Å². The SMILES string of the molecule is CC\C=C/C=C\C=C/C=C\CCCCCC(=O)OCC(COC(=O)CCCCCCCC/C=C\C/C=C\C/C=C\C/C=C\CC)OC(=O)CCCCCCCCCCCCCCCCCCC. The molecule has 0 bridgehead atoms. The summed E-state index contributed by atoms with van der Waals surface area (Å²) in [5, 5.41) is 0. The van der Waals surface area contributed by atoms with Crippen LogP contribution in [-0.4, -0.2) is 37.2 Å². The fourth-order valence-electron chi connectivity index (χ4n) is 7.56. The molecule has 0 aromatic rings. The van der Waals surface area contributed by atoms with Crippen molar-refractivity contribution in [2.75, 3.05) is 13.2 Å². The zero-order valence-electron chi connectivity index (χ0n) is 43.6. The van der Waals surface area contributed by atoms with E-state index in [0.29, 0.717) is 19.3 Å². The van der Waals surface area contributed by atoms with Gasteiger partial charge >= 0.3 is 17.9 Å². The summed E-state index contributed by atoms with van der Waals surface area (Å²) >= 11 is 0. The molecule has 1 atom stereocenters. The first-order chi connectivity index (χ1) is 33.0. The molecule has 67 heavy (non-hydrogen) atoms. The highest BCUT2D eigenvalue weighted by atomic mass is 16.6. The molecule has 0 radical (unpaired) electrons. The number of unbranched alkanes of at least 4 members (excludes halogenated alkanes) is 25. The van der Waals surface area contributed by atoms with Crippen LogP contribution < -0.4 is 0 Å². The van der Waals surface area contributed by atoms with Crippen LogP contribution in [0.3, 0.4) is 0 Å². The summed E-state index contributed by atoms with van der Waals surface area (Å²) in [6.45, 7) is 6.35. The van der Waals surface area contributed by atoms with Gasteiger partial charge in [-0.2, -0.15) is 0 Å². The number of hydrogen-bond acceptors (Lipinski definition) is 6. The van der Waals surface area contributed by atoms with Gasteiger partial charge in [-0.1, -0.05) is 253 Å². The topological polar surface area (TPSA) is 78.9 Å². The Balaban J connectivity index is 4.43. The summed E-state index contributed by atoms with van der Waals surface area (Å²) in [6.07, 6.45) is 72.5. The molecule has 0 aromatic carbocycles. The minimum Gasteiger partial charge on any atom is -0.462 e. The van der Waals surface area contributed by atoms with Crippen molar-refractivity contribution < 1.29 is 28.6 Å². The second-order valence-corrected chi connectivity index (χ2v) is 18.2. The van der Waals surface area contributed by atoms with Gasteiger partial charge in [-0.15, -0.1) is 0 Å². The van der Waals surface area contributed by atoms with Gasteiger partial charge in [-0.25, -0.2) is 0 Å². The third-order valence-corrected chi connectivity index (χ3v) is 11.7. The Kier molecular flexibility index (Phi) is 51.9. The Morgan fingerprint density at radius 2 is 0.657 bits per heavy atom. The average molecular weight is 931 g/mol. The van der Waals surface area contributed by atoms with Gasteiger partial charge in [0.25, 0.3) is 0 Å². The molecule has 6 heteroatoms. The van der Waals surface area contributed by atoms with E-state index in [1.165, 1.54) is 103 Å². The van der Waals surface area contributed by atoms with Crippen LogP contribution in [0.4, 0.5) is 0 Å². The number of ether oxygens (including phenoxy) is 3. The number of rotatable bonds is 49. The van der Waals surface area contributed by atoms with E-state index in [9.17, 15) is 14.4 Å². The van der Waals surface area contributed by atoms with Crippen LogP contribution in [0.5, 0.6) is 0 Å². The predicted molar refractivity (Wildman–Crippen MR) is 288 cm³/mol. The normalized spacial score (nSPS) is 12.8. The predicted octanol–water partition coefficient (Wildman–Crippen LogP) is 18.5. The van der Waals surface area contributed by atoms with E-state index in [2.05, 4.69) is 87.6 Å². The molecule has 0 amide bonds. The first kappa shape index (κ1) is 63.3. The summed E-state index contributed by atoms with van der Waals surface area (Å²) in [4.78, 5) is 38.1. The maximum atomic E-state index is 12.8. The maximum absolute atomic E-state index is 12.8. The van der Waals surface area contributed by atoms with Crippen LogP contribution in [-0.2, 0) is 28.6 Å². The van der Waals surface area contributed by atoms with E-state index in [0.717, 1.165) is 109 Å². The van der Waals surface area contributed by atoms with Crippen LogP contribution >= 0.6 is 0 Å². The van der Waals surface area contributed by atoms with Gasteiger partial charge in [-0.3, -0.25) is 14.4 Å². The molecule has 0 aromatic heterocycles. The Labute approximate surface area is 413 Å². The molecule has 0 fully saturated rings. The molecule has 0 saturated heterocycles. The quantitative estimate of drug-likeness (QED) is 0.0199. The molecule has 0 spiro atoms. The molecule has 1 unspecified atom stereocenters. The van der Waals surface area contributed by atoms with Gasteiger partial charge in [-0.05, 0) is 77.0 Å². The lowest BCUT2D eigenvalue weighted by molar-refractivity contribution is -0.167. The van der Waals surface area contributed by atoms with Crippen molar-refractivity contribution in [3.8, 4) is 0 Å². The molecule has 0 aliphatic heterocycles. The Bertz CT molecular complexity index is 1350. The van der Waals surface area contributed by atoms with Crippen LogP contribution in [0.2, 0.25) is 0 Å². The minimum absolute atomic E-state index is 0.0970. The van der Waals surface area contributed by atoms with E-state index in [1.807, 2.05) is 30.4 Å². The molecule has 0 heterocycles. The number of carbonyl (C=O) groups excluding carboxylic acids is 3. The minimum atomic E-state index is -0.799. The summed E-state index contributed by atoms with van der Waals surface area (Å²) in [7, 11) is 0. The van der Waals surface area contributed by atoms with E-state index in [4.69, 9.17) is 14.2 Å². The van der Waals surface area contributed by atoms with Crippen LogP contribution in [0, 0.1) is 0 Å². The van der Waals surface area contributed by atoms with Gasteiger partial charge in [0.15, 0.2) is 6.10 Å². The molecule has 0 aliphatic carbocycles. The van der Waals surface area contributed by atoms with Gasteiger partial charge in [0.05, 0.1) is 0 Å². The number of hydrogen-bond donors (Lipinski definition) is 0. The molecule has 0 aliphatic rings. The molecule has 382 valence electrons. The largest absolute Gasteiger partial charge is 0.462 e. The van der Waals surface area contributed by atoms with Crippen molar-refractivity contribution >= 4 is 17.9 Å². The number of carbonyl (C=O) groups is 3. The molecule has 0 saturated carbocycles. The highest BCUT2D eigenvalue weighted by molar-refractivity contribution is 5.71. The summed E-state index contributed by atoms with van der Waals surface area (Å²) in [6, 6.07) is 0. The fourth-order valence-corrected chi connectivity index (χ4v) is 7.56. The standard InChI is InChI=1S/C61H102O6/c1-4-7-10-13-16-19-22-25-27-29-30-32-33-36-39-42-45-48-51-54-60(63)66-57-58(56-65-59(62)53-50-47-44-41-38-35-24-21-18-15-12-9-6-3)67-61(64)55-52-49-46-43-40-37-34-31-28-26-23-20-17-14-11-8-5-2/h7,9-10,12,15-16,18-19,21,24-25,27,30,32,35,38,58H,4-6,8,11,13-14,17,20,22-23,26,28-29,31,33-34,36-37,39-57H2,1-3H3/b10-7-,12-9-,18-15-,19-16-,24-21-,27-25-,32-30-,38-35-. The summed E-state index contributed by atoms with van der Waals surface area (Å²) < 4.78 is 16.8. The van der Waals surface area contributed by atoms with Crippen LogP contribution in [0.25, 0.3) is 0 Å². The smallest absolute Gasteiger partial charge is 0.306 e. The van der Waals surface area contributed by atoms with Crippen molar-refractivity contribution in [3.63, 3.8) is 0 Å². The summed E-state index contributed by atoms with van der Waals surface area (Å²) in [5.41, 5.74) is 0. The molecule has 0 N–H and O–H groups in total. The highest BCUT2D eigenvalue weighted by Gasteiger charge is 2.19. The van der Waals surface area contributed by atoms with Crippen molar-refractivity contribution in [2.45, 2.75) is 258 Å². The monoisotopic (exact) mass is 931 g/mol. The second kappa shape index (κ2) is 54.9. The second-order valence-electron chi connectivity index (χ2n) is 18.2. The number of esters is 3. The van der Waals surface area contributed by atoms with Crippen LogP contribution in [0.15, 0.2) is 97.2 Å².